The summed E-state index contributed by atoms with van der Waals surface area (Å²) in [6, 6.07) is 111. The largest absolute Gasteiger partial charge is 0.456 e. The number of fused-ring (bicyclic) bond motifs is 16. The highest BCUT2D eigenvalue weighted by Crippen LogP contribution is 2.49. The Kier molecular flexibility index (Phi) is 12.1. The van der Waals surface area contributed by atoms with E-state index in [-0.39, 0.29) is 59.5 Å². The zero-order chi connectivity index (χ0) is 78.5. The summed E-state index contributed by atoms with van der Waals surface area (Å²) in [4.78, 5) is 0. The Morgan fingerprint density at radius 2 is 0.500 bits per heavy atom. The monoisotopic (exact) mass is 1350 g/mol. The van der Waals surface area contributed by atoms with Gasteiger partial charge in [0.1, 0.15) is 22.3 Å². The molecule has 492 valence electrons. The number of para-hydroxylation sites is 2. The van der Waals surface area contributed by atoms with Crippen molar-refractivity contribution in [3.8, 4) is 89.0 Å². The van der Waals surface area contributed by atoms with E-state index in [1.54, 1.807) is 0 Å². The Hall–Kier alpha value is -13.9. The molecule has 0 fully saturated rings. The lowest BCUT2D eigenvalue weighted by Gasteiger charge is -2.18. The number of benzene rings is 20. The molecule has 2 heterocycles. The molecular weight excluding hydrogens is 1280 g/mol. The Bertz CT molecular complexity index is 7790. The lowest BCUT2D eigenvalue weighted by molar-refractivity contribution is 0.668. The summed E-state index contributed by atoms with van der Waals surface area (Å²) in [6.07, 6.45) is 0. The van der Waals surface area contributed by atoms with Crippen molar-refractivity contribution >= 4 is 130 Å². The van der Waals surface area contributed by atoms with Crippen molar-refractivity contribution < 1.29 is 22.5 Å². The van der Waals surface area contributed by atoms with Crippen molar-refractivity contribution in [2.45, 2.75) is 0 Å². The van der Waals surface area contributed by atoms with Crippen LogP contribution in [0.15, 0.2) is 397 Å². The van der Waals surface area contributed by atoms with Gasteiger partial charge in [0, 0.05) is 21.5 Å². The molecule has 22 rings (SSSR count). The summed E-state index contributed by atoms with van der Waals surface area (Å²) in [5.74, 6) is 0. The second-order valence-electron chi connectivity index (χ2n) is 27.2. The quantitative estimate of drug-likeness (QED) is 0.112. The zero-order valence-corrected chi connectivity index (χ0v) is 57.0. The van der Waals surface area contributed by atoms with Gasteiger partial charge in [-0.2, -0.15) is 0 Å². The molecule has 0 radical (unpaired) electrons. The third kappa shape index (κ3) is 10.0. The molecule has 106 heavy (non-hydrogen) atoms. The summed E-state index contributed by atoms with van der Waals surface area (Å²) in [5, 5.41) is 21.0. The van der Waals surface area contributed by atoms with Crippen LogP contribution in [0.25, 0.3) is 219 Å². The van der Waals surface area contributed by atoms with Crippen LogP contribution in [-0.2, 0) is 0 Å². The van der Waals surface area contributed by atoms with E-state index in [9.17, 15) is 0 Å². The van der Waals surface area contributed by atoms with Gasteiger partial charge in [-0.05, 0) is 230 Å². The van der Waals surface area contributed by atoms with Crippen molar-refractivity contribution in [3.63, 3.8) is 0 Å². The number of rotatable bonds is 8. The second-order valence-corrected chi connectivity index (χ2v) is 27.2. The molecule has 0 unspecified atom stereocenters. The minimum absolute atomic E-state index is 0.207. The van der Waals surface area contributed by atoms with Crippen molar-refractivity contribution in [1.82, 2.24) is 0 Å². The third-order valence-corrected chi connectivity index (χ3v) is 21.5. The predicted octanol–water partition coefficient (Wildman–Crippen LogP) is 29.7. The van der Waals surface area contributed by atoms with Gasteiger partial charge in [-0.1, -0.05) is 333 Å². The second kappa shape index (κ2) is 25.0. The third-order valence-electron chi connectivity index (χ3n) is 21.5. The Labute approximate surface area is 626 Å². The first-order valence-corrected chi connectivity index (χ1v) is 35.7. The van der Waals surface area contributed by atoms with Gasteiger partial charge in [0.2, 0.25) is 0 Å². The Morgan fingerprint density at radius 3 is 1.00 bits per heavy atom. The van der Waals surface area contributed by atoms with Crippen molar-refractivity contribution in [2.75, 3.05) is 0 Å². The molecule has 22 aromatic rings. The Balaban J connectivity index is 0.000000145. The Morgan fingerprint density at radius 1 is 0.170 bits per heavy atom. The van der Waals surface area contributed by atoms with E-state index in [1.165, 1.54) is 37.9 Å². The number of hydrogen-bond donors (Lipinski definition) is 0. The molecule has 0 aliphatic rings. The first-order chi connectivity index (χ1) is 56.7. The SMILES string of the molecule is [2H]c1c([2H])c([2H])c(-c2c3ccccc3c(-c3ccc(-c4cc5cc(-c6cccc7oc8ccccc8c67)ccc5c5ccccc45)cc3)c3ccccc23)c([2H])c1[2H].[2H]c1c([2H])c([2H])c(-c2c3ccccc3c(-c3ccc(-c4ccc5c(c4)cc(-c4ccc6oc7ccccc7c6c4)c4ccccc45)cc3)c3ccccc23)c([2H])c1[2H]. The molecular formula is C104H64O2. The molecule has 2 nitrogen and oxygen atoms in total. The molecule has 0 bridgehead atoms. The van der Waals surface area contributed by atoms with Crippen LogP contribution in [0.1, 0.15) is 13.7 Å². The average molecular weight is 1360 g/mol. The highest BCUT2D eigenvalue weighted by atomic mass is 16.3. The maximum Gasteiger partial charge on any atom is 0.136 e. The van der Waals surface area contributed by atoms with Crippen molar-refractivity contribution in [2.24, 2.45) is 0 Å². The molecule has 2 heteroatoms. The fourth-order valence-corrected chi connectivity index (χ4v) is 16.8. The van der Waals surface area contributed by atoms with Crippen LogP contribution in [0.2, 0.25) is 0 Å². The molecule has 0 aliphatic carbocycles. The summed E-state index contributed by atoms with van der Waals surface area (Å²) < 4.78 is 98.1. The van der Waals surface area contributed by atoms with Crippen LogP contribution in [0.3, 0.4) is 0 Å². The highest BCUT2D eigenvalue weighted by molar-refractivity contribution is 6.24. The van der Waals surface area contributed by atoms with Crippen LogP contribution in [0.4, 0.5) is 0 Å². The van der Waals surface area contributed by atoms with E-state index in [4.69, 9.17) is 22.5 Å². The lowest BCUT2D eigenvalue weighted by Crippen LogP contribution is -1.91. The van der Waals surface area contributed by atoms with E-state index < -0.39 is 12.1 Å². The van der Waals surface area contributed by atoms with Crippen LogP contribution in [0, 0.1) is 0 Å². The van der Waals surface area contributed by atoms with Crippen molar-refractivity contribution in [3.05, 3.63) is 388 Å². The molecule has 0 atom stereocenters. The van der Waals surface area contributed by atoms with Gasteiger partial charge in [-0.15, -0.1) is 0 Å². The van der Waals surface area contributed by atoms with Gasteiger partial charge >= 0.3 is 0 Å². The van der Waals surface area contributed by atoms with Crippen LogP contribution in [-0.4, -0.2) is 0 Å². The normalized spacial score (nSPS) is 13.1. The van der Waals surface area contributed by atoms with Crippen LogP contribution >= 0.6 is 0 Å². The van der Waals surface area contributed by atoms with E-state index in [0.29, 0.717) is 11.1 Å². The summed E-state index contributed by atoms with van der Waals surface area (Å²) in [5.41, 5.74) is 18.4. The number of hydrogen-bond acceptors (Lipinski definition) is 2. The fourth-order valence-electron chi connectivity index (χ4n) is 16.8. The van der Waals surface area contributed by atoms with Gasteiger partial charge < -0.3 is 8.83 Å². The molecule has 0 spiro atoms. The average Bonchev–Trinajstić information content (AvgIpc) is 0.893. The molecule has 2 aromatic heterocycles. The molecule has 0 amide bonds. The van der Waals surface area contributed by atoms with Gasteiger partial charge in [-0.25, -0.2) is 0 Å². The molecule has 0 aliphatic heterocycles. The molecule has 20 aromatic carbocycles. The number of furan rings is 2. The van der Waals surface area contributed by atoms with Crippen LogP contribution in [0.5, 0.6) is 0 Å². The predicted molar refractivity (Wildman–Crippen MR) is 451 cm³/mol. The van der Waals surface area contributed by atoms with E-state index in [0.717, 1.165) is 159 Å². The minimum atomic E-state index is -0.399. The zero-order valence-electron chi connectivity index (χ0n) is 67.0. The van der Waals surface area contributed by atoms with Gasteiger partial charge in [-0.3, -0.25) is 0 Å². The fraction of sp³-hybridized carbons (Fsp3) is 0. The lowest BCUT2D eigenvalue weighted by atomic mass is 9.85. The first kappa shape index (κ1) is 51.3. The summed E-state index contributed by atoms with van der Waals surface area (Å²) in [6.45, 7) is 0. The van der Waals surface area contributed by atoms with Gasteiger partial charge in [0.15, 0.2) is 0 Å². The van der Waals surface area contributed by atoms with E-state index in [1.807, 2.05) is 103 Å². The topological polar surface area (TPSA) is 26.3 Å². The first-order valence-electron chi connectivity index (χ1n) is 40.7. The standard InChI is InChI=1S/2C52H32O/c1-2-13-34(14-3-1)50-42-17-6-8-19-44(42)51(45-20-9-7-18-43(45)50)35-27-25-33(26-28-35)47-32-37-31-36(29-30-38(37)40-15-4-5-16-41(40)47)39-22-12-24-49-52(39)46-21-10-11-23-48(46)53-49;1-2-12-34(13-3-1)51-43-17-6-8-19-45(43)52(46-20-9-7-18-44(46)51)35-24-22-33(23-25-35)36-26-28-39-38(30-36)32-47(41-15-5-4-14-40(39)41)37-27-29-50-48(31-37)42-16-10-11-21-49(42)53-50/h2*1-32H/i1D,2D,3D,13D,14D;1D,2D,3D,12D,13D. The minimum Gasteiger partial charge on any atom is -0.456 e. The van der Waals surface area contributed by atoms with E-state index >= 15 is 0 Å². The smallest absolute Gasteiger partial charge is 0.136 e. The molecule has 0 N–H and O–H groups in total. The molecule has 0 saturated heterocycles. The summed E-state index contributed by atoms with van der Waals surface area (Å²) in [7, 11) is 0. The highest BCUT2D eigenvalue weighted by Gasteiger charge is 2.22. The maximum absolute atomic E-state index is 8.89. The van der Waals surface area contributed by atoms with E-state index in [2.05, 4.69) is 224 Å². The van der Waals surface area contributed by atoms with Crippen molar-refractivity contribution in [1.29, 1.82) is 0 Å². The summed E-state index contributed by atoms with van der Waals surface area (Å²) >= 11 is 0. The van der Waals surface area contributed by atoms with Crippen LogP contribution < -0.4 is 0 Å². The maximum atomic E-state index is 8.89. The van der Waals surface area contributed by atoms with Gasteiger partial charge in [0.05, 0.1) is 13.7 Å². The molecule has 0 saturated carbocycles. The van der Waals surface area contributed by atoms with Gasteiger partial charge in [0.25, 0.3) is 0 Å².